The molecule has 0 bridgehead atoms. The van der Waals surface area contributed by atoms with Gasteiger partial charge in [0.15, 0.2) is 0 Å². The average Bonchev–Trinajstić information content (AvgIpc) is 3.13. The fourth-order valence-electron chi connectivity index (χ4n) is 4.04. The summed E-state index contributed by atoms with van der Waals surface area (Å²) in [5.74, 6) is 0.112. The molecule has 4 rings (SSSR count). The first kappa shape index (κ1) is 19.4. The average molecular weight is 389 g/mol. The van der Waals surface area contributed by atoms with Gasteiger partial charge >= 0.3 is 0 Å². The highest BCUT2D eigenvalue weighted by Gasteiger charge is 2.26. The zero-order valence-corrected chi connectivity index (χ0v) is 17.1. The molecule has 1 aliphatic rings. The summed E-state index contributed by atoms with van der Waals surface area (Å²) in [6, 6.07) is 18.6. The molecule has 1 aliphatic heterocycles. The second-order valence-corrected chi connectivity index (χ2v) is 8.06. The lowest BCUT2D eigenvalue weighted by molar-refractivity contribution is -0.121. The lowest BCUT2D eigenvalue weighted by Gasteiger charge is -2.31. The maximum atomic E-state index is 12.9. The largest absolute Gasteiger partial charge is 0.326 e. The van der Waals surface area contributed by atoms with Crippen molar-refractivity contribution in [2.24, 2.45) is 5.92 Å². The number of H-pyrrole nitrogens is 1. The van der Waals surface area contributed by atoms with Crippen LogP contribution in [0.2, 0.25) is 0 Å². The topological polar surface area (TPSA) is 61.0 Å². The molecular weight excluding hydrogens is 360 g/mol. The first-order valence-corrected chi connectivity index (χ1v) is 10.3. The van der Waals surface area contributed by atoms with Crippen molar-refractivity contribution in [2.45, 2.75) is 33.2 Å². The number of aromatic amines is 1. The highest BCUT2D eigenvalue weighted by Crippen LogP contribution is 2.25. The Kier molecular flexibility index (Phi) is 5.76. The van der Waals surface area contributed by atoms with Gasteiger partial charge in [0.1, 0.15) is 0 Å². The van der Waals surface area contributed by atoms with E-state index in [-0.39, 0.29) is 11.8 Å². The molecule has 150 valence electrons. The van der Waals surface area contributed by atoms with Crippen LogP contribution in [-0.4, -0.2) is 34.1 Å². The number of carbonyl (C=O) groups excluding carboxylic acids is 1. The van der Waals surface area contributed by atoms with Crippen molar-refractivity contribution in [1.82, 2.24) is 15.1 Å². The minimum Gasteiger partial charge on any atom is -0.326 e. The predicted molar refractivity (Wildman–Crippen MR) is 117 cm³/mol. The van der Waals surface area contributed by atoms with E-state index in [1.165, 1.54) is 11.1 Å². The van der Waals surface area contributed by atoms with Crippen LogP contribution in [0.25, 0.3) is 11.1 Å². The maximum Gasteiger partial charge on any atom is 0.228 e. The van der Waals surface area contributed by atoms with Crippen LogP contribution in [-0.2, 0) is 11.3 Å². The van der Waals surface area contributed by atoms with Gasteiger partial charge in [-0.25, -0.2) is 0 Å². The van der Waals surface area contributed by atoms with Gasteiger partial charge < -0.3 is 5.32 Å². The van der Waals surface area contributed by atoms with Gasteiger partial charge in [-0.3, -0.25) is 14.8 Å². The van der Waals surface area contributed by atoms with Gasteiger partial charge in [0.25, 0.3) is 0 Å². The maximum absolute atomic E-state index is 12.9. The van der Waals surface area contributed by atoms with Crippen LogP contribution in [0.4, 0.5) is 5.69 Å². The molecule has 1 amide bonds. The van der Waals surface area contributed by atoms with E-state index in [1.807, 2.05) is 19.1 Å². The molecule has 5 nitrogen and oxygen atoms in total. The SMILES string of the molecule is Cc1cccc(-c2cccc(NC(=O)[C@H]3CCCN(Cc4cc(C)[nH]n4)C3)c2)c1. The lowest BCUT2D eigenvalue weighted by atomic mass is 9.96. The quantitative estimate of drug-likeness (QED) is 0.674. The first-order valence-electron chi connectivity index (χ1n) is 10.3. The molecule has 0 aliphatic carbocycles. The Morgan fingerprint density at radius 3 is 2.69 bits per heavy atom. The number of piperidine rings is 1. The molecule has 2 aromatic carbocycles. The summed E-state index contributed by atoms with van der Waals surface area (Å²) in [6.45, 7) is 6.67. The number of amides is 1. The number of hydrogen-bond donors (Lipinski definition) is 2. The molecule has 0 unspecified atom stereocenters. The van der Waals surface area contributed by atoms with Gasteiger partial charge in [0.2, 0.25) is 5.91 Å². The van der Waals surface area contributed by atoms with E-state index in [9.17, 15) is 4.79 Å². The van der Waals surface area contributed by atoms with Crippen molar-refractivity contribution in [3.05, 3.63) is 71.5 Å². The third kappa shape index (κ3) is 4.93. The molecule has 1 saturated heterocycles. The number of anilines is 1. The zero-order chi connectivity index (χ0) is 20.2. The highest BCUT2D eigenvalue weighted by molar-refractivity contribution is 5.93. The van der Waals surface area contributed by atoms with E-state index in [0.717, 1.165) is 55.1 Å². The Labute approximate surface area is 172 Å². The monoisotopic (exact) mass is 388 g/mol. The predicted octanol–water partition coefficient (Wildman–Crippen LogP) is 4.54. The molecule has 5 heteroatoms. The van der Waals surface area contributed by atoms with Gasteiger partial charge in [-0.05, 0) is 62.6 Å². The number of nitrogens with zero attached hydrogens (tertiary/aromatic N) is 2. The molecule has 1 fully saturated rings. The van der Waals surface area contributed by atoms with Crippen molar-refractivity contribution in [1.29, 1.82) is 0 Å². The highest BCUT2D eigenvalue weighted by atomic mass is 16.1. The van der Waals surface area contributed by atoms with Crippen LogP contribution in [0.5, 0.6) is 0 Å². The standard InChI is InChI=1S/C24H28N4O/c1-17-6-3-7-19(12-17)20-8-4-10-22(14-20)25-24(29)21-9-5-11-28(15-21)16-23-13-18(2)26-27-23/h3-4,6-8,10,12-14,21H,5,9,11,15-16H2,1-2H3,(H,25,29)(H,26,27)/t21-/m0/s1. The van der Waals surface area contributed by atoms with Crippen LogP contribution in [0, 0.1) is 19.8 Å². The lowest BCUT2D eigenvalue weighted by Crippen LogP contribution is -2.40. The summed E-state index contributed by atoms with van der Waals surface area (Å²) < 4.78 is 0. The molecular formula is C24H28N4O. The van der Waals surface area contributed by atoms with Crippen molar-refractivity contribution in [3.8, 4) is 11.1 Å². The molecule has 29 heavy (non-hydrogen) atoms. The van der Waals surface area contributed by atoms with Gasteiger partial charge in [0.05, 0.1) is 11.6 Å². The summed E-state index contributed by atoms with van der Waals surface area (Å²) in [5.41, 5.74) is 6.47. The van der Waals surface area contributed by atoms with Gasteiger partial charge in [-0.15, -0.1) is 0 Å². The number of aromatic nitrogens is 2. The molecule has 1 aromatic heterocycles. The van der Waals surface area contributed by atoms with Crippen LogP contribution in [0.1, 0.15) is 29.8 Å². The smallest absolute Gasteiger partial charge is 0.228 e. The fraction of sp³-hybridized carbons (Fsp3) is 0.333. The summed E-state index contributed by atoms with van der Waals surface area (Å²) >= 11 is 0. The second-order valence-electron chi connectivity index (χ2n) is 8.06. The van der Waals surface area contributed by atoms with Crippen LogP contribution < -0.4 is 5.32 Å². The van der Waals surface area contributed by atoms with Crippen LogP contribution in [0.3, 0.4) is 0 Å². The van der Waals surface area contributed by atoms with Crippen molar-refractivity contribution in [3.63, 3.8) is 0 Å². The Morgan fingerprint density at radius 1 is 1.14 bits per heavy atom. The third-order valence-electron chi connectivity index (χ3n) is 5.50. The zero-order valence-electron chi connectivity index (χ0n) is 17.1. The molecule has 2 heterocycles. The number of hydrogen-bond acceptors (Lipinski definition) is 3. The van der Waals surface area contributed by atoms with E-state index in [1.54, 1.807) is 0 Å². The summed E-state index contributed by atoms with van der Waals surface area (Å²) in [4.78, 5) is 15.2. The third-order valence-corrected chi connectivity index (χ3v) is 5.50. The molecule has 0 radical (unpaired) electrons. The van der Waals surface area contributed by atoms with E-state index in [4.69, 9.17) is 0 Å². The van der Waals surface area contributed by atoms with Crippen molar-refractivity contribution >= 4 is 11.6 Å². The Bertz CT molecular complexity index is 994. The normalized spacial score (nSPS) is 17.2. The number of carbonyl (C=O) groups is 1. The minimum atomic E-state index is 0.00594. The number of benzene rings is 2. The van der Waals surface area contributed by atoms with Crippen molar-refractivity contribution in [2.75, 3.05) is 18.4 Å². The van der Waals surface area contributed by atoms with E-state index >= 15 is 0 Å². The Balaban J connectivity index is 1.40. The Hall–Kier alpha value is -2.92. The van der Waals surface area contributed by atoms with Gasteiger partial charge in [-0.1, -0.05) is 42.0 Å². The summed E-state index contributed by atoms with van der Waals surface area (Å²) in [7, 11) is 0. The summed E-state index contributed by atoms with van der Waals surface area (Å²) in [5, 5.41) is 10.5. The number of aryl methyl sites for hydroxylation is 2. The molecule has 1 atom stereocenters. The van der Waals surface area contributed by atoms with Gasteiger partial charge in [0, 0.05) is 24.5 Å². The van der Waals surface area contributed by atoms with Crippen molar-refractivity contribution < 1.29 is 4.79 Å². The molecule has 0 spiro atoms. The van der Waals surface area contributed by atoms with E-state index in [2.05, 4.69) is 69.8 Å². The first-order chi connectivity index (χ1) is 14.1. The van der Waals surface area contributed by atoms with Crippen LogP contribution in [0.15, 0.2) is 54.6 Å². The fourth-order valence-corrected chi connectivity index (χ4v) is 4.04. The minimum absolute atomic E-state index is 0.00594. The second kappa shape index (κ2) is 8.62. The molecule has 3 aromatic rings. The summed E-state index contributed by atoms with van der Waals surface area (Å²) in [6.07, 6.45) is 1.96. The van der Waals surface area contributed by atoms with E-state index < -0.39 is 0 Å². The number of nitrogens with one attached hydrogen (secondary N) is 2. The van der Waals surface area contributed by atoms with E-state index in [0.29, 0.717) is 0 Å². The molecule has 2 N–H and O–H groups in total. The number of likely N-dealkylation sites (tertiary alicyclic amines) is 1. The molecule has 0 saturated carbocycles. The van der Waals surface area contributed by atoms with Crippen LogP contribution >= 0.6 is 0 Å². The Morgan fingerprint density at radius 2 is 1.93 bits per heavy atom. The van der Waals surface area contributed by atoms with Gasteiger partial charge in [-0.2, -0.15) is 5.10 Å². The number of rotatable bonds is 5.